The van der Waals surface area contributed by atoms with Crippen LogP contribution >= 0.6 is 0 Å². The predicted molar refractivity (Wildman–Crippen MR) is 56.9 cm³/mol. The van der Waals surface area contributed by atoms with Crippen molar-refractivity contribution in [2.75, 3.05) is 0 Å². The smallest absolute Gasteiger partial charge is 0.0356 e. The molecule has 0 rings (SSSR count). The summed E-state index contributed by atoms with van der Waals surface area (Å²) in [6.07, 6.45) is 4.31. The Bertz CT molecular complexity index is 66.1. The summed E-state index contributed by atoms with van der Waals surface area (Å²) >= 11 is 0. The highest BCUT2D eigenvalue weighted by Crippen LogP contribution is 1.82. The normalized spacial score (nSPS) is 6.27. The number of unbranched alkanes of at least 4 members (excludes halogenated alkanes) is 1. The van der Waals surface area contributed by atoms with E-state index in [2.05, 4.69) is 20.1 Å². The molecule has 0 spiro atoms. The van der Waals surface area contributed by atoms with Crippen molar-refractivity contribution in [1.82, 2.24) is 0 Å². The van der Waals surface area contributed by atoms with Crippen LogP contribution in [0.1, 0.15) is 47.5 Å². The van der Waals surface area contributed by atoms with Gasteiger partial charge in [-0.1, -0.05) is 38.8 Å². The van der Waals surface area contributed by atoms with Gasteiger partial charge in [0.25, 0.3) is 0 Å². The van der Waals surface area contributed by atoms with Crippen molar-refractivity contribution < 1.29 is 0 Å². The van der Waals surface area contributed by atoms with E-state index in [1.54, 1.807) is 0 Å². The molecule has 0 aromatic heterocycles. The second kappa shape index (κ2) is 22.7. The summed E-state index contributed by atoms with van der Waals surface area (Å²) in [4.78, 5) is 0. The molecule has 0 saturated heterocycles. The monoisotopic (exact) mass is 156 g/mol. The van der Waals surface area contributed by atoms with Crippen LogP contribution in [0.2, 0.25) is 0 Å². The van der Waals surface area contributed by atoms with Gasteiger partial charge in [-0.2, -0.15) is 0 Å². The van der Waals surface area contributed by atoms with Gasteiger partial charge in [-0.15, -0.1) is 13.2 Å². The Morgan fingerprint density at radius 1 is 1.27 bits per heavy atom. The van der Waals surface area contributed by atoms with E-state index in [0.717, 1.165) is 6.42 Å². The van der Waals surface area contributed by atoms with E-state index >= 15 is 0 Å². The molecule has 0 nitrogen and oxygen atoms in total. The van der Waals surface area contributed by atoms with E-state index in [0.29, 0.717) is 0 Å². The van der Waals surface area contributed by atoms with E-state index in [1.807, 2.05) is 33.8 Å². The predicted octanol–water partition coefficient (Wildman–Crippen LogP) is 4.58. The Hall–Kier alpha value is -0.520. The SMILES string of the molecule is C=C(C)C.C=CCCC.CC. The minimum Gasteiger partial charge on any atom is -0.103 e. The zero-order valence-electron chi connectivity index (χ0n) is 8.91. The molecule has 0 amide bonds. The fourth-order valence-electron chi connectivity index (χ4n) is 0.204. The van der Waals surface area contributed by atoms with Crippen LogP contribution in [-0.4, -0.2) is 0 Å². The number of allylic oxidation sites excluding steroid dienone is 2. The highest BCUT2D eigenvalue weighted by atomic mass is 13.7. The third-order valence-corrected chi connectivity index (χ3v) is 0.493. The molecule has 0 atom stereocenters. The van der Waals surface area contributed by atoms with Crippen molar-refractivity contribution in [2.45, 2.75) is 47.5 Å². The van der Waals surface area contributed by atoms with Gasteiger partial charge in [-0.3, -0.25) is 0 Å². The number of rotatable bonds is 2. The lowest BCUT2D eigenvalue weighted by Crippen LogP contribution is -1.52. The van der Waals surface area contributed by atoms with Gasteiger partial charge in [0.15, 0.2) is 0 Å². The summed E-state index contributed by atoms with van der Waals surface area (Å²) in [5.41, 5.74) is 1.17. The topological polar surface area (TPSA) is 0 Å². The first-order chi connectivity index (χ1) is 5.15. The molecule has 68 valence electrons. The van der Waals surface area contributed by atoms with Crippen molar-refractivity contribution in [3.63, 3.8) is 0 Å². The number of hydrogen-bond donors (Lipinski definition) is 0. The molecular weight excluding hydrogens is 132 g/mol. The molecule has 0 unspecified atom stereocenters. The quantitative estimate of drug-likeness (QED) is 0.513. The van der Waals surface area contributed by atoms with Gasteiger partial charge in [0.05, 0.1) is 0 Å². The molecule has 0 aliphatic heterocycles. The lowest BCUT2D eigenvalue weighted by molar-refractivity contribution is 0.961. The fraction of sp³-hybridized carbons (Fsp3) is 0.636. The first kappa shape index (κ1) is 16.8. The molecule has 0 N–H and O–H groups in total. The zero-order valence-corrected chi connectivity index (χ0v) is 8.91. The van der Waals surface area contributed by atoms with Gasteiger partial charge in [0.2, 0.25) is 0 Å². The van der Waals surface area contributed by atoms with Crippen LogP contribution in [0.15, 0.2) is 24.8 Å². The van der Waals surface area contributed by atoms with Crippen LogP contribution in [0.25, 0.3) is 0 Å². The van der Waals surface area contributed by atoms with Crippen molar-refractivity contribution in [2.24, 2.45) is 0 Å². The van der Waals surface area contributed by atoms with Gasteiger partial charge >= 0.3 is 0 Å². The standard InChI is InChI=1S/C5H10.C4H8.C2H6/c1-3-5-4-2;1-4(2)3;1-2/h3H,1,4-5H2,2H3;1H2,2-3H3;1-2H3. The molecule has 0 aliphatic carbocycles. The molecule has 11 heavy (non-hydrogen) atoms. The lowest BCUT2D eigenvalue weighted by Gasteiger charge is -1.72. The lowest BCUT2D eigenvalue weighted by atomic mass is 10.3. The molecule has 0 heteroatoms. The van der Waals surface area contributed by atoms with E-state index in [1.165, 1.54) is 12.0 Å². The van der Waals surface area contributed by atoms with E-state index < -0.39 is 0 Å². The van der Waals surface area contributed by atoms with Crippen LogP contribution in [0.5, 0.6) is 0 Å². The Morgan fingerprint density at radius 3 is 1.55 bits per heavy atom. The van der Waals surface area contributed by atoms with Crippen molar-refractivity contribution in [1.29, 1.82) is 0 Å². The van der Waals surface area contributed by atoms with Gasteiger partial charge < -0.3 is 0 Å². The van der Waals surface area contributed by atoms with Gasteiger partial charge in [0.1, 0.15) is 0 Å². The molecule has 0 saturated carbocycles. The minimum atomic E-state index is 1.15. The maximum Gasteiger partial charge on any atom is -0.0356 e. The van der Waals surface area contributed by atoms with Gasteiger partial charge in [0, 0.05) is 0 Å². The van der Waals surface area contributed by atoms with Crippen molar-refractivity contribution in [3.8, 4) is 0 Å². The summed E-state index contributed by atoms with van der Waals surface area (Å²) in [7, 11) is 0. The maximum absolute atomic E-state index is 3.56. The second-order valence-corrected chi connectivity index (χ2v) is 2.28. The number of hydrogen-bond acceptors (Lipinski definition) is 0. The van der Waals surface area contributed by atoms with Gasteiger partial charge in [-0.25, -0.2) is 0 Å². The summed E-state index contributed by atoms with van der Waals surface area (Å²) < 4.78 is 0. The molecular formula is C11H24. The second-order valence-electron chi connectivity index (χ2n) is 2.28. The van der Waals surface area contributed by atoms with E-state index in [4.69, 9.17) is 0 Å². The maximum atomic E-state index is 3.56. The van der Waals surface area contributed by atoms with E-state index in [-0.39, 0.29) is 0 Å². The summed E-state index contributed by atoms with van der Waals surface area (Å²) in [5, 5.41) is 0. The largest absolute Gasteiger partial charge is 0.103 e. The fourth-order valence-corrected chi connectivity index (χ4v) is 0.204. The van der Waals surface area contributed by atoms with Crippen molar-refractivity contribution >= 4 is 0 Å². The third kappa shape index (κ3) is 242. The van der Waals surface area contributed by atoms with Crippen LogP contribution in [0.4, 0.5) is 0 Å². The van der Waals surface area contributed by atoms with Gasteiger partial charge in [-0.05, 0) is 20.3 Å². The zero-order chi connectivity index (χ0) is 9.70. The summed E-state index contributed by atoms with van der Waals surface area (Å²) in [5.74, 6) is 0. The van der Waals surface area contributed by atoms with Crippen LogP contribution in [0.3, 0.4) is 0 Å². The van der Waals surface area contributed by atoms with Crippen LogP contribution in [-0.2, 0) is 0 Å². The Morgan fingerprint density at radius 2 is 1.55 bits per heavy atom. The Labute approximate surface area is 73.0 Å². The Kier molecular flexibility index (Phi) is 34.7. The van der Waals surface area contributed by atoms with Crippen molar-refractivity contribution in [3.05, 3.63) is 24.8 Å². The molecule has 0 heterocycles. The molecule has 0 radical (unpaired) electrons. The molecule has 0 aromatic carbocycles. The van der Waals surface area contributed by atoms with Crippen LogP contribution in [0, 0.1) is 0 Å². The summed E-state index contributed by atoms with van der Waals surface area (Å²) in [6, 6.07) is 0. The molecule has 0 bridgehead atoms. The molecule has 0 aliphatic rings. The first-order valence-corrected chi connectivity index (χ1v) is 4.38. The average Bonchev–Trinajstić information content (AvgIpc) is 1.93. The van der Waals surface area contributed by atoms with Crippen LogP contribution < -0.4 is 0 Å². The first-order valence-electron chi connectivity index (χ1n) is 4.38. The third-order valence-electron chi connectivity index (χ3n) is 0.493. The minimum absolute atomic E-state index is 1.15. The highest BCUT2D eigenvalue weighted by molar-refractivity contribution is 4.78. The molecule has 0 fully saturated rings. The average molecular weight is 156 g/mol. The Balaban J connectivity index is -0.0000000965. The van der Waals surface area contributed by atoms with E-state index in [9.17, 15) is 0 Å². The summed E-state index contributed by atoms with van der Waals surface area (Å²) in [6.45, 7) is 17.2. The highest BCUT2D eigenvalue weighted by Gasteiger charge is 1.61. The molecule has 0 aromatic rings.